The third-order valence-electron chi connectivity index (χ3n) is 5.67. The highest BCUT2D eigenvalue weighted by molar-refractivity contribution is 5.91. The van der Waals surface area contributed by atoms with E-state index in [1.54, 1.807) is 6.26 Å². The van der Waals surface area contributed by atoms with Crippen LogP contribution in [-0.2, 0) is 22.7 Å². The Kier molecular flexibility index (Phi) is 8.30. The number of nitrogens with zero attached hydrogens (tertiary/aromatic N) is 2. The van der Waals surface area contributed by atoms with Crippen molar-refractivity contribution in [3.05, 3.63) is 83.8 Å². The number of hydrogen-bond donors (Lipinski definition) is 1. The van der Waals surface area contributed by atoms with Crippen molar-refractivity contribution < 1.29 is 14.0 Å². The van der Waals surface area contributed by atoms with Crippen LogP contribution in [0.1, 0.15) is 49.5 Å². The summed E-state index contributed by atoms with van der Waals surface area (Å²) in [5.41, 5.74) is 3.68. The molecular formula is C27H33N3O3. The van der Waals surface area contributed by atoms with Crippen LogP contribution in [0.15, 0.2) is 71.3 Å². The van der Waals surface area contributed by atoms with Crippen LogP contribution < -0.4 is 10.2 Å². The summed E-state index contributed by atoms with van der Waals surface area (Å²) >= 11 is 0. The first-order valence-electron chi connectivity index (χ1n) is 11.4. The number of carbonyl (C=O) groups excluding carboxylic acids is 2. The van der Waals surface area contributed by atoms with Crippen molar-refractivity contribution in [2.24, 2.45) is 0 Å². The summed E-state index contributed by atoms with van der Waals surface area (Å²) in [7, 11) is 3.95. The SMILES string of the molecule is CCC(=O)Nc1ccc(N(C)C)c(CN(Cc2ccco2)C(=O)[C@@H](CC)c2ccccc2)c1. The second-order valence-electron chi connectivity index (χ2n) is 8.28. The molecule has 1 aromatic heterocycles. The van der Waals surface area contributed by atoms with Crippen LogP contribution in [0.3, 0.4) is 0 Å². The van der Waals surface area contributed by atoms with Crippen LogP contribution in [-0.4, -0.2) is 30.8 Å². The summed E-state index contributed by atoms with van der Waals surface area (Å²) in [5.74, 6) is 0.491. The summed E-state index contributed by atoms with van der Waals surface area (Å²) in [6, 6.07) is 19.4. The Hall–Kier alpha value is -3.54. The number of benzene rings is 2. The first kappa shape index (κ1) is 24.1. The highest BCUT2D eigenvalue weighted by Crippen LogP contribution is 2.28. The van der Waals surface area contributed by atoms with E-state index in [0.29, 0.717) is 25.9 Å². The number of carbonyl (C=O) groups is 2. The number of hydrogen-bond acceptors (Lipinski definition) is 4. The molecule has 0 aliphatic heterocycles. The summed E-state index contributed by atoms with van der Waals surface area (Å²) < 4.78 is 5.58. The topological polar surface area (TPSA) is 65.8 Å². The third-order valence-corrected chi connectivity index (χ3v) is 5.67. The molecule has 0 fully saturated rings. The molecule has 2 aromatic carbocycles. The molecule has 3 rings (SSSR count). The lowest BCUT2D eigenvalue weighted by Gasteiger charge is -2.29. The fourth-order valence-electron chi connectivity index (χ4n) is 3.94. The predicted octanol–water partition coefficient (Wildman–Crippen LogP) is 5.42. The summed E-state index contributed by atoms with van der Waals surface area (Å²) in [4.78, 5) is 29.6. The molecule has 0 aliphatic carbocycles. The van der Waals surface area contributed by atoms with Crippen molar-refractivity contribution in [1.29, 1.82) is 0 Å². The van der Waals surface area contributed by atoms with Crippen molar-refractivity contribution in [3.63, 3.8) is 0 Å². The van der Waals surface area contributed by atoms with E-state index in [1.165, 1.54) is 0 Å². The number of furan rings is 1. The van der Waals surface area contributed by atoms with E-state index in [4.69, 9.17) is 4.42 Å². The van der Waals surface area contributed by atoms with E-state index >= 15 is 0 Å². The van der Waals surface area contributed by atoms with Crippen LogP contribution in [0.4, 0.5) is 11.4 Å². The van der Waals surface area contributed by atoms with Crippen LogP contribution in [0.5, 0.6) is 0 Å². The number of nitrogens with one attached hydrogen (secondary N) is 1. The fourth-order valence-corrected chi connectivity index (χ4v) is 3.94. The lowest BCUT2D eigenvalue weighted by atomic mass is 9.94. The molecule has 6 nitrogen and oxygen atoms in total. The average molecular weight is 448 g/mol. The Labute approximate surface area is 196 Å². The van der Waals surface area contributed by atoms with Crippen molar-refractivity contribution in [2.75, 3.05) is 24.3 Å². The van der Waals surface area contributed by atoms with Crippen molar-refractivity contribution in [3.8, 4) is 0 Å². The normalized spacial score (nSPS) is 11.6. The van der Waals surface area contributed by atoms with Crippen molar-refractivity contribution in [1.82, 2.24) is 4.90 Å². The van der Waals surface area contributed by atoms with E-state index in [0.717, 1.165) is 28.3 Å². The molecular weight excluding hydrogens is 414 g/mol. The van der Waals surface area contributed by atoms with Gasteiger partial charge in [0.1, 0.15) is 5.76 Å². The van der Waals surface area contributed by atoms with Crippen molar-refractivity contribution >= 4 is 23.2 Å². The van der Waals surface area contributed by atoms with E-state index in [-0.39, 0.29) is 17.7 Å². The lowest BCUT2D eigenvalue weighted by molar-refractivity contribution is -0.134. The van der Waals surface area contributed by atoms with Gasteiger partial charge in [0.15, 0.2) is 0 Å². The highest BCUT2D eigenvalue weighted by Gasteiger charge is 2.26. The number of anilines is 2. The monoisotopic (exact) mass is 447 g/mol. The molecule has 2 amide bonds. The highest BCUT2D eigenvalue weighted by atomic mass is 16.3. The van der Waals surface area contributed by atoms with Gasteiger partial charge in [0.25, 0.3) is 0 Å². The Balaban J connectivity index is 1.96. The summed E-state index contributed by atoms with van der Waals surface area (Å²) in [6.45, 7) is 4.62. The Bertz CT molecular complexity index is 1050. The molecule has 0 unspecified atom stereocenters. The van der Waals surface area contributed by atoms with E-state index in [9.17, 15) is 9.59 Å². The van der Waals surface area contributed by atoms with Gasteiger partial charge in [-0.15, -0.1) is 0 Å². The van der Waals surface area contributed by atoms with Gasteiger partial charge in [0, 0.05) is 38.4 Å². The second kappa shape index (κ2) is 11.4. The van der Waals surface area contributed by atoms with Crippen molar-refractivity contribution in [2.45, 2.75) is 45.7 Å². The molecule has 6 heteroatoms. The molecule has 1 N–H and O–H groups in total. The molecule has 1 heterocycles. The molecule has 33 heavy (non-hydrogen) atoms. The van der Waals surface area contributed by atoms with Gasteiger partial charge in [0.05, 0.1) is 18.7 Å². The number of rotatable bonds is 10. The zero-order chi connectivity index (χ0) is 23.8. The van der Waals surface area contributed by atoms with Crippen LogP contribution in [0.2, 0.25) is 0 Å². The zero-order valence-corrected chi connectivity index (χ0v) is 19.9. The Morgan fingerprint density at radius 3 is 2.33 bits per heavy atom. The molecule has 3 aromatic rings. The van der Waals surface area contributed by atoms with E-state index in [2.05, 4.69) is 5.32 Å². The molecule has 0 saturated heterocycles. The van der Waals surface area contributed by atoms with Gasteiger partial charge in [-0.3, -0.25) is 9.59 Å². The molecule has 0 spiro atoms. The fraction of sp³-hybridized carbons (Fsp3) is 0.333. The second-order valence-corrected chi connectivity index (χ2v) is 8.28. The predicted molar refractivity (Wildman–Crippen MR) is 132 cm³/mol. The van der Waals surface area contributed by atoms with Gasteiger partial charge >= 0.3 is 0 Å². The maximum atomic E-state index is 13.8. The van der Waals surface area contributed by atoms with Crippen LogP contribution >= 0.6 is 0 Å². The van der Waals surface area contributed by atoms with Gasteiger partial charge in [-0.05, 0) is 47.9 Å². The van der Waals surface area contributed by atoms with Gasteiger partial charge in [-0.25, -0.2) is 0 Å². The quantitative estimate of drug-likeness (QED) is 0.451. The van der Waals surface area contributed by atoms with Gasteiger partial charge in [-0.1, -0.05) is 44.2 Å². The molecule has 174 valence electrons. The largest absolute Gasteiger partial charge is 0.467 e. The Morgan fingerprint density at radius 2 is 1.73 bits per heavy atom. The van der Waals surface area contributed by atoms with Crippen LogP contribution in [0.25, 0.3) is 0 Å². The summed E-state index contributed by atoms with van der Waals surface area (Å²) in [5, 5.41) is 2.93. The Morgan fingerprint density at radius 1 is 0.970 bits per heavy atom. The zero-order valence-electron chi connectivity index (χ0n) is 19.9. The standard InChI is InChI=1S/C27H33N3O3/c1-5-24(20-11-8-7-9-12-20)27(32)30(19-23-13-10-16-33-23)18-21-17-22(28-26(31)6-2)14-15-25(21)29(3)4/h7-17,24H,5-6,18-19H2,1-4H3,(H,28,31)/t24-/m0/s1. The molecule has 0 saturated carbocycles. The first-order chi connectivity index (χ1) is 15.9. The molecule has 0 bridgehead atoms. The minimum Gasteiger partial charge on any atom is -0.467 e. The molecule has 0 aliphatic rings. The first-order valence-corrected chi connectivity index (χ1v) is 11.4. The van der Waals surface area contributed by atoms with Gasteiger partial charge in [0.2, 0.25) is 11.8 Å². The van der Waals surface area contributed by atoms with Gasteiger partial charge < -0.3 is 19.5 Å². The molecule has 0 radical (unpaired) electrons. The van der Waals surface area contributed by atoms with Gasteiger partial charge in [-0.2, -0.15) is 0 Å². The van der Waals surface area contributed by atoms with Crippen LogP contribution in [0, 0.1) is 0 Å². The number of amides is 2. The smallest absolute Gasteiger partial charge is 0.230 e. The van der Waals surface area contributed by atoms with E-state index < -0.39 is 0 Å². The minimum atomic E-state index is -0.244. The van der Waals surface area contributed by atoms with E-state index in [1.807, 2.05) is 98.4 Å². The third kappa shape index (κ3) is 6.25. The molecule has 1 atom stereocenters. The summed E-state index contributed by atoms with van der Waals surface area (Å²) in [6.07, 6.45) is 2.73. The lowest BCUT2D eigenvalue weighted by Crippen LogP contribution is -2.34. The maximum absolute atomic E-state index is 13.8. The average Bonchev–Trinajstić information content (AvgIpc) is 3.33. The maximum Gasteiger partial charge on any atom is 0.230 e. The minimum absolute atomic E-state index is 0.0443.